The van der Waals surface area contributed by atoms with Gasteiger partial charge >= 0.3 is 6.09 Å². The molecule has 0 saturated carbocycles. The predicted octanol–water partition coefficient (Wildman–Crippen LogP) is 2.97. The largest absolute Gasteiger partial charge is 0.413 e. The molecule has 1 fully saturated rings. The molecule has 0 bridgehead atoms. The molecule has 3 N–H and O–H groups in total. The highest BCUT2D eigenvalue weighted by atomic mass is 16.6. The van der Waals surface area contributed by atoms with E-state index in [-0.39, 0.29) is 12.4 Å². The lowest BCUT2D eigenvalue weighted by molar-refractivity contribution is 0.159. The Morgan fingerprint density at radius 1 is 1.29 bits per heavy atom. The fourth-order valence-electron chi connectivity index (χ4n) is 4.33. The molecule has 0 radical (unpaired) electrons. The first-order valence-corrected chi connectivity index (χ1v) is 11.5. The number of para-hydroxylation sites is 1. The van der Waals surface area contributed by atoms with E-state index in [1.807, 2.05) is 22.9 Å². The highest BCUT2D eigenvalue weighted by molar-refractivity contribution is 5.85. The second-order valence-corrected chi connectivity index (χ2v) is 9.53. The van der Waals surface area contributed by atoms with Crippen molar-refractivity contribution in [3.05, 3.63) is 42.4 Å². The van der Waals surface area contributed by atoms with Crippen molar-refractivity contribution in [2.75, 3.05) is 26.7 Å². The van der Waals surface area contributed by atoms with Gasteiger partial charge in [-0.15, -0.1) is 0 Å². The molecule has 5 rings (SSSR count). The SMILES string of the molecule is CN1CCC(c2nn(-c3cnc4[nH]cc(OC(=O)NC(C)(C)CO)c4n3)c3ccccc23)CC1. The summed E-state index contributed by atoms with van der Waals surface area (Å²) in [5.74, 6) is 1.19. The molecule has 0 atom stereocenters. The lowest BCUT2D eigenvalue weighted by atomic mass is 9.92. The van der Waals surface area contributed by atoms with Gasteiger partial charge in [0.15, 0.2) is 22.7 Å². The van der Waals surface area contributed by atoms with Gasteiger partial charge in [0, 0.05) is 17.5 Å². The maximum absolute atomic E-state index is 12.3. The molecule has 1 aliphatic rings. The number of nitrogens with one attached hydrogen (secondary N) is 2. The Kier molecular flexibility index (Phi) is 5.70. The van der Waals surface area contributed by atoms with Crippen LogP contribution >= 0.6 is 0 Å². The second-order valence-electron chi connectivity index (χ2n) is 9.53. The van der Waals surface area contributed by atoms with Gasteiger partial charge in [-0.2, -0.15) is 5.10 Å². The molecule has 4 heterocycles. The number of carbonyl (C=O) groups is 1. The highest BCUT2D eigenvalue weighted by Gasteiger charge is 2.25. The minimum Gasteiger partial charge on any atom is -0.406 e. The Morgan fingerprint density at radius 3 is 2.82 bits per heavy atom. The minimum atomic E-state index is -0.807. The van der Waals surface area contributed by atoms with Gasteiger partial charge in [-0.25, -0.2) is 19.4 Å². The number of carbonyl (C=O) groups excluding carboxylic acids is 1. The fourth-order valence-corrected chi connectivity index (χ4v) is 4.33. The third kappa shape index (κ3) is 4.22. The van der Waals surface area contributed by atoms with E-state index in [0.29, 0.717) is 22.9 Å². The third-order valence-corrected chi connectivity index (χ3v) is 6.31. The molecular weight excluding hydrogens is 434 g/mol. The number of amides is 1. The Hall–Kier alpha value is -3.50. The molecule has 0 unspecified atom stereocenters. The Bertz CT molecular complexity index is 1340. The summed E-state index contributed by atoms with van der Waals surface area (Å²) in [6.45, 7) is 5.29. The normalized spacial score (nSPS) is 15.8. The van der Waals surface area contributed by atoms with Gasteiger partial charge in [0.1, 0.15) is 0 Å². The van der Waals surface area contributed by atoms with Crippen molar-refractivity contribution in [1.82, 2.24) is 34.9 Å². The van der Waals surface area contributed by atoms with E-state index in [9.17, 15) is 9.90 Å². The van der Waals surface area contributed by atoms with E-state index < -0.39 is 11.6 Å². The number of hydrogen-bond donors (Lipinski definition) is 3. The summed E-state index contributed by atoms with van der Waals surface area (Å²) in [7, 11) is 2.15. The van der Waals surface area contributed by atoms with Crippen LogP contribution in [-0.4, -0.2) is 73.1 Å². The number of H-pyrrole nitrogens is 1. The van der Waals surface area contributed by atoms with Crippen molar-refractivity contribution >= 4 is 28.2 Å². The van der Waals surface area contributed by atoms with E-state index >= 15 is 0 Å². The maximum Gasteiger partial charge on any atom is 0.413 e. The average Bonchev–Trinajstić information content (AvgIpc) is 3.41. The number of ether oxygens (including phenoxy) is 1. The topological polar surface area (TPSA) is 121 Å². The number of aliphatic hydroxyl groups excluding tert-OH is 1. The second kappa shape index (κ2) is 8.69. The number of aromatic amines is 1. The van der Waals surface area contributed by atoms with E-state index in [2.05, 4.69) is 33.3 Å². The molecule has 4 aromatic rings. The summed E-state index contributed by atoms with van der Waals surface area (Å²) in [4.78, 5) is 26.9. The molecule has 3 aromatic heterocycles. The Morgan fingerprint density at radius 2 is 2.06 bits per heavy atom. The number of likely N-dealkylation sites (tertiary alicyclic amines) is 1. The molecule has 1 saturated heterocycles. The van der Waals surface area contributed by atoms with Crippen LogP contribution in [0.15, 0.2) is 36.7 Å². The number of aliphatic hydroxyl groups is 1. The summed E-state index contributed by atoms with van der Waals surface area (Å²) >= 11 is 0. The Labute approximate surface area is 196 Å². The van der Waals surface area contributed by atoms with Crippen molar-refractivity contribution in [3.8, 4) is 11.6 Å². The van der Waals surface area contributed by atoms with E-state index in [1.54, 1.807) is 26.2 Å². The van der Waals surface area contributed by atoms with Crippen LogP contribution in [0.4, 0.5) is 4.79 Å². The lowest BCUT2D eigenvalue weighted by Gasteiger charge is -2.28. The number of rotatable bonds is 5. The predicted molar refractivity (Wildman–Crippen MR) is 128 cm³/mol. The fraction of sp³-hybridized carbons (Fsp3) is 0.417. The molecule has 10 heteroatoms. The van der Waals surface area contributed by atoms with Crippen LogP contribution in [0, 0.1) is 0 Å². The smallest absolute Gasteiger partial charge is 0.406 e. The zero-order valence-electron chi connectivity index (χ0n) is 19.6. The van der Waals surface area contributed by atoms with Crippen LogP contribution in [0.3, 0.4) is 0 Å². The summed E-state index contributed by atoms with van der Waals surface area (Å²) < 4.78 is 7.29. The summed E-state index contributed by atoms with van der Waals surface area (Å²) in [5, 5.41) is 18.1. The summed E-state index contributed by atoms with van der Waals surface area (Å²) in [5.41, 5.74) is 2.17. The molecule has 1 aromatic carbocycles. The molecule has 1 aliphatic heterocycles. The number of hydrogen-bond acceptors (Lipinski definition) is 7. The molecule has 0 spiro atoms. The summed E-state index contributed by atoms with van der Waals surface area (Å²) in [6, 6.07) is 8.16. The first-order valence-electron chi connectivity index (χ1n) is 11.5. The van der Waals surface area contributed by atoms with Crippen LogP contribution in [-0.2, 0) is 0 Å². The van der Waals surface area contributed by atoms with Crippen LogP contribution in [0.2, 0.25) is 0 Å². The molecule has 1 amide bonds. The Balaban J connectivity index is 1.51. The standard InChI is InChI=1S/C24H29N7O3/c1-24(2,14-32)28-23(33)34-18-12-25-22-21(18)27-19(13-26-22)31-17-7-5-4-6-16(17)20(29-31)15-8-10-30(3)11-9-15/h4-7,12-13,15,32H,8-11,14H2,1-3H3,(H,25,26)(H,28,33). The lowest BCUT2D eigenvalue weighted by Crippen LogP contribution is -2.47. The zero-order chi connectivity index (χ0) is 23.9. The minimum absolute atomic E-state index is 0.216. The van der Waals surface area contributed by atoms with Gasteiger partial charge in [0.2, 0.25) is 0 Å². The van der Waals surface area contributed by atoms with E-state index in [0.717, 1.165) is 42.5 Å². The highest BCUT2D eigenvalue weighted by Crippen LogP contribution is 2.33. The molecule has 0 aliphatic carbocycles. The molecular formula is C24H29N7O3. The maximum atomic E-state index is 12.3. The van der Waals surface area contributed by atoms with Crippen molar-refractivity contribution in [3.63, 3.8) is 0 Å². The summed E-state index contributed by atoms with van der Waals surface area (Å²) in [6.07, 6.45) is 4.66. The monoisotopic (exact) mass is 463 g/mol. The number of aromatic nitrogens is 5. The van der Waals surface area contributed by atoms with Gasteiger partial charge in [0.25, 0.3) is 0 Å². The number of piperidine rings is 1. The molecule has 10 nitrogen and oxygen atoms in total. The molecule has 34 heavy (non-hydrogen) atoms. The first kappa shape index (κ1) is 22.3. The van der Waals surface area contributed by atoms with Gasteiger partial charge in [-0.05, 0) is 52.9 Å². The van der Waals surface area contributed by atoms with Gasteiger partial charge in [0.05, 0.1) is 29.6 Å². The van der Waals surface area contributed by atoms with Crippen molar-refractivity contribution in [2.45, 2.75) is 38.1 Å². The van der Waals surface area contributed by atoms with Crippen LogP contribution in [0.5, 0.6) is 5.75 Å². The van der Waals surface area contributed by atoms with Gasteiger partial charge in [-0.1, -0.05) is 18.2 Å². The van der Waals surface area contributed by atoms with Crippen LogP contribution in [0.25, 0.3) is 27.9 Å². The number of fused-ring (bicyclic) bond motifs is 2. The third-order valence-electron chi connectivity index (χ3n) is 6.31. The van der Waals surface area contributed by atoms with E-state index in [4.69, 9.17) is 14.8 Å². The van der Waals surface area contributed by atoms with Crippen LogP contribution < -0.4 is 10.1 Å². The van der Waals surface area contributed by atoms with Crippen molar-refractivity contribution < 1.29 is 14.6 Å². The molecule has 178 valence electrons. The van der Waals surface area contributed by atoms with Crippen molar-refractivity contribution in [1.29, 1.82) is 0 Å². The first-order chi connectivity index (χ1) is 16.3. The van der Waals surface area contributed by atoms with Crippen LogP contribution in [0.1, 0.15) is 38.3 Å². The van der Waals surface area contributed by atoms with Gasteiger partial charge < -0.3 is 25.0 Å². The average molecular weight is 464 g/mol. The number of benzene rings is 1. The van der Waals surface area contributed by atoms with Gasteiger partial charge in [-0.3, -0.25) is 0 Å². The zero-order valence-corrected chi connectivity index (χ0v) is 19.6. The number of nitrogens with zero attached hydrogens (tertiary/aromatic N) is 5. The quantitative estimate of drug-likeness (QED) is 0.416. The van der Waals surface area contributed by atoms with Crippen molar-refractivity contribution in [2.24, 2.45) is 0 Å². The van der Waals surface area contributed by atoms with E-state index in [1.165, 1.54) is 0 Å².